The predicted octanol–water partition coefficient (Wildman–Crippen LogP) is 7.54. The second-order valence-corrected chi connectivity index (χ2v) is 13.7. The number of carboxylic acid groups (broad SMARTS) is 1. The fourth-order valence-electron chi connectivity index (χ4n) is 8.87. The van der Waals surface area contributed by atoms with Crippen molar-refractivity contribution in [3.8, 4) is 17.0 Å². The number of carbonyl (C=O) groups is 2. The summed E-state index contributed by atoms with van der Waals surface area (Å²) in [5, 5.41) is 11.1. The first-order chi connectivity index (χ1) is 22.4. The maximum atomic E-state index is 14.4. The molecule has 1 aliphatic carbocycles. The number of hydrogen-bond acceptors (Lipinski definition) is 4. The standard InChI is InChI=1S/C39H41N3O4/c1-40-22-28-13-14-29(23-40)42(28)38(43)33-11-7-6-10-31(33)27-18-26-19-30(46-2)15-17-32(26)37-36(24-8-4-3-5-9-24)34-16-12-25(39(44)45)20-35(34)41(37)21-27/h6-7,10-12,15-20,24,28-29H,3-5,8-9,13-14,21-23H2,1-2H3,(H,44,45). The van der Waals surface area contributed by atoms with Crippen molar-refractivity contribution in [3.05, 3.63) is 88.5 Å². The first-order valence-electron chi connectivity index (χ1n) is 16.8. The summed E-state index contributed by atoms with van der Waals surface area (Å²) in [7, 11) is 3.85. The quantitative estimate of drug-likeness (QED) is 0.251. The number of fused-ring (bicyclic) bond motifs is 7. The fraction of sp³-hybridized carbons (Fsp3) is 0.385. The van der Waals surface area contributed by atoms with E-state index < -0.39 is 5.97 Å². The number of methoxy groups -OCH3 is 1. The van der Waals surface area contributed by atoms with E-state index in [1.807, 2.05) is 36.4 Å². The molecule has 2 unspecified atom stereocenters. The van der Waals surface area contributed by atoms with Crippen LogP contribution in [0, 0.1) is 0 Å². The molecule has 3 fully saturated rings. The number of likely N-dealkylation sites (tertiary alicyclic amines) is 1. The lowest BCUT2D eigenvalue weighted by Gasteiger charge is -2.39. The van der Waals surface area contributed by atoms with Crippen LogP contribution in [-0.4, -0.2) is 70.7 Å². The minimum Gasteiger partial charge on any atom is -0.497 e. The van der Waals surface area contributed by atoms with Gasteiger partial charge in [0, 0.05) is 53.7 Å². The van der Waals surface area contributed by atoms with Gasteiger partial charge in [-0.15, -0.1) is 0 Å². The maximum Gasteiger partial charge on any atom is 0.335 e. The molecule has 7 heteroatoms. The highest BCUT2D eigenvalue weighted by Gasteiger charge is 2.42. The van der Waals surface area contributed by atoms with Gasteiger partial charge in [0.1, 0.15) is 5.75 Å². The lowest BCUT2D eigenvalue weighted by molar-refractivity contribution is 0.0472. The molecule has 4 heterocycles. The highest BCUT2D eigenvalue weighted by atomic mass is 16.5. The van der Waals surface area contributed by atoms with Crippen molar-refractivity contribution in [2.45, 2.75) is 69.5 Å². The highest BCUT2D eigenvalue weighted by molar-refractivity contribution is 6.05. The van der Waals surface area contributed by atoms with E-state index in [1.54, 1.807) is 13.2 Å². The molecule has 1 saturated carbocycles. The average molecular weight is 616 g/mol. The molecule has 4 aromatic rings. The molecular weight excluding hydrogens is 574 g/mol. The van der Waals surface area contributed by atoms with Crippen molar-refractivity contribution in [3.63, 3.8) is 0 Å². The SMILES string of the molecule is COc1ccc2c(c1)C=C(c1ccccc1C(=O)N1C3CCC1CN(C)C3)Cn1c-2c(C2CCCCC2)c2ccc(C(=O)O)cc21. The zero-order valence-electron chi connectivity index (χ0n) is 26.7. The molecule has 1 aromatic heterocycles. The van der Waals surface area contributed by atoms with Crippen molar-refractivity contribution in [1.29, 1.82) is 0 Å². The zero-order chi connectivity index (χ0) is 31.5. The van der Waals surface area contributed by atoms with Gasteiger partial charge < -0.3 is 24.2 Å². The Bertz CT molecular complexity index is 1880. The molecular formula is C39H41N3O4. The number of piperazine rings is 1. The molecule has 2 saturated heterocycles. The molecule has 7 nitrogen and oxygen atoms in total. The van der Waals surface area contributed by atoms with Crippen LogP contribution in [0.5, 0.6) is 5.75 Å². The van der Waals surface area contributed by atoms with Crippen LogP contribution in [0.4, 0.5) is 0 Å². The van der Waals surface area contributed by atoms with E-state index in [9.17, 15) is 14.7 Å². The smallest absolute Gasteiger partial charge is 0.335 e. The Balaban J connectivity index is 1.33. The number of carboxylic acids is 1. The summed E-state index contributed by atoms with van der Waals surface area (Å²) >= 11 is 0. The van der Waals surface area contributed by atoms with Crippen LogP contribution in [0.25, 0.3) is 33.8 Å². The summed E-state index contributed by atoms with van der Waals surface area (Å²) in [4.78, 5) is 31.2. The summed E-state index contributed by atoms with van der Waals surface area (Å²) in [6.45, 7) is 2.35. The van der Waals surface area contributed by atoms with E-state index in [-0.39, 0.29) is 23.6 Å². The Morgan fingerprint density at radius 1 is 0.870 bits per heavy atom. The van der Waals surface area contributed by atoms with Gasteiger partial charge in [-0.1, -0.05) is 43.5 Å². The lowest BCUT2D eigenvalue weighted by atomic mass is 9.81. The summed E-state index contributed by atoms with van der Waals surface area (Å²) in [6, 6.07) is 20.4. The monoisotopic (exact) mass is 615 g/mol. The van der Waals surface area contributed by atoms with Gasteiger partial charge in [-0.2, -0.15) is 0 Å². The Kier molecular flexibility index (Phi) is 7.24. The number of allylic oxidation sites excluding steroid dienone is 1. The van der Waals surface area contributed by atoms with Crippen LogP contribution < -0.4 is 4.74 Å². The third kappa shape index (κ3) is 4.75. The Morgan fingerprint density at radius 2 is 1.63 bits per heavy atom. The molecule has 2 atom stereocenters. The van der Waals surface area contributed by atoms with Crippen LogP contribution in [0.3, 0.4) is 0 Å². The number of aromatic nitrogens is 1. The van der Waals surface area contributed by atoms with E-state index in [4.69, 9.17) is 4.74 Å². The molecule has 8 rings (SSSR count). The fourth-order valence-corrected chi connectivity index (χ4v) is 8.87. The Labute approximate surface area is 270 Å². The van der Waals surface area contributed by atoms with Crippen molar-refractivity contribution >= 4 is 34.4 Å². The number of nitrogens with zero attached hydrogens (tertiary/aromatic N) is 3. The molecule has 3 aromatic carbocycles. The highest BCUT2D eigenvalue weighted by Crippen LogP contribution is 2.48. The molecule has 0 spiro atoms. The molecule has 4 aliphatic rings. The van der Waals surface area contributed by atoms with Gasteiger partial charge in [-0.05, 0) is 103 Å². The predicted molar refractivity (Wildman–Crippen MR) is 182 cm³/mol. The molecule has 2 bridgehead atoms. The second kappa shape index (κ2) is 11.5. The average Bonchev–Trinajstić information content (AvgIpc) is 3.47. The summed E-state index contributed by atoms with van der Waals surface area (Å²) in [5.41, 5.74) is 8.58. The minimum absolute atomic E-state index is 0.112. The van der Waals surface area contributed by atoms with Crippen molar-refractivity contribution in [2.75, 3.05) is 27.2 Å². The van der Waals surface area contributed by atoms with Crippen molar-refractivity contribution in [2.24, 2.45) is 0 Å². The number of rotatable bonds is 5. The molecule has 1 amide bonds. The normalized spacial score (nSPS) is 21.4. The number of aromatic carboxylic acids is 1. The van der Waals surface area contributed by atoms with Gasteiger partial charge in [0.2, 0.25) is 0 Å². The minimum atomic E-state index is -0.927. The van der Waals surface area contributed by atoms with E-state index in [1.165, 1.54) is 24.8 Å². The Morgan fingerprint density at radius 3 is 2.37 bits per heavy atom. The number of amides is 1. The van der Waals surface area contributed by atoms with E-state index in [0.717, 1.165) is 88.9 Å². The first-order valence-corrected chi connectivity index (χ1v) is 16.8. The van der Waals surface area contributed by atoms with Crippen LogP contribution in [0.1, 0.15) is 88.3 Å². The zero-order valence-corrected chi connectivity index (χ0v) is 26.7. The maximum absolute atomic E-state index is 14.4. The number of hydrogen-bond donors (Lipinski definition) is 1. The van der Waals surface area contributed by atoms with Gasteiger partial charge in [-0.3, -0.25) is 4.79 Å². The molecule has 3 aliphatic heterocycles. The van der Waals surface area contributed by atoms with Gasteiger partial charge in [0.05, 0.1) is 18.4 Å². The molecule has 46 heavy (non-hydrogen) atoms. The van der Waals surface area contributed by atoms with Crippen LogP contribution in [0.15, 0.2) is 60.7 Å². The van der Waals surface area contributed by atoms with E-state index in [2.05, 4.69) is 45.7 Å². The van der Waals surface area contributed by atoms with Gasteiger partial charge in [0.25, 0.3) is 5.91 Å². The summed E-state index contributed by atoms with van der Waals surface area (Å²) in [6.07, 6.45) is 10.2. The number of likely N-dealkylation sites (N-methyl/N-ethyl adjacent to an activating group) is 1. The van der Waals surface area contributed by atoms with Crippen LogP contribution >= 0.6 is 0 Å². The largest absolute Gasteiger partial charge is 0.497 e. The molecule has 1 N–H and O–H groups in total. The summed E-state index contributed by atoms with van der Waals surface area (Å²) < 4.78 is 8.04. The lowest BCUT2D eigenvalue weighted by Crippen LogP contribution is -2.54. The first kappa shape index (κ1) is 29.1. The number of ether oxygens (including phenoxy) is 1. The van der Waals surface area contributed by atoms with Gasteiger partial charge in [-0.25, -0.2) is 4.79 Å². The third-order valence-corrected chi connectivity index (χ3v) is 10.9. The number of carbonyl (C=O) groups excluding carboxylic acids is 1. The molecule has 0 radical (unpaired) electrons. The topological polar surface area (TPSA) is 75.0 Å². The van der Waals surface area contributed by atoms with Crippen LogP contribution in [-0.2, 0) is 6.54 Å². The Hall–Kier alpha value is -4.36. The van der Waals surface area contributed by atoms with Gasteiger partial charge in [0.15, 0.2) is 0 Å². The van der Waals surface area contributed by atoms with Crippen molar-refractivity contribution < 1.29 is 19.4 Å². The summed E-state index contributed by atoms with van der Waals surface area (Å²) in [5.74, 6) is 0.371. The van der Waals surface area contributed by atoms with Crippen molar-refractivity contribution in [1.82, 2.24) is 14.4 Å². The second-order valence-electron chi connectivity index (χ2n) is 13.7. The van der Waals surface area contributed by atoms with E-state index >= 15 is 0 Å². The van der Waals surface area contributed by atoms with Gasteiger partial charge >= 0.3 is 5.97 Å². The van der Waals surface area contributed by atoms with E-state index in [0.29, 0.717) is 12.5 Å². The molecule has 236 valence electrons. The third-order valence-electron chi connectivity index (χ3n) is 10.9. The number of benzene rings is 3. The van der Waals surface area contributed by atoms with Crippen LogP contribution in [0.2, 0.25) is 0 Å².